The molecule has 2 aromatic carbocycles. The first kappa shape index (κ1) is 24.5. The van der Waals surface area contributed by atoms with Crippen molar-refractivity contribution >= 4 is 23.2 Å². The molecule has 0 radical (unpaired) electrons. The molecule has 3 heterocycles. The molecule has 0 spiro atoms. The first-order valence-electron chi connectivity index (χ1n) is 11.7. The topological polar surface area (TPSA) is 56.8 Å². The molecular weight excluding hydrogens is 489 g/mol. The summed E-state index contributed by atoms with van der Waals surface area (Å²) < 4.78 is 38.8. The molecule has 188 valence electrons. The van der Waals surface area contributed by atoms with Crippen LogP contribution in [0.15, 0.2) is 60.1 Å². The number of thiazole rings is 1. The molecule has 0 unspecified atom stereocenters. The van der Waals surface area contributed by atoms with Crippen LogP contribution in [0.5, 0.6) is 0 Å². The van der Waals surface area contributed by atoms with E-state index in [0.717, 1.165) is 30.8 Å². The van der Waals surface area contributed by atoms with Crippen LogP contribution in [0, 0.1) is 0 Å². The van der Waals surface area contributed by atoms with Gasteiger partial charge in [0.05, 0.1) is 5.56 Å². The van der Waals surface area contributed by atoms with E-state index in [0.29, 0.717) is 48.7 Å². The summed E-state index contributed by atoms with van der Waals surface area (Å²) in [5.41, 5.74) is 1.33. The average molecular weight is 515 g/mol. The van der Waals surface area contributed by atoms with Gasteiger partial charge >= 0.3 is 6.18 Å². The number of halogens is 3. The molecule has 2 aliphatic rings. The van der Waals surface area contributed by atoms with Gasteiger partial charge in [-0.1, -0.05) is 30.3 Å². The lowest BCUT2D eigenvalue weighted by atomic mass is 10.00. The molecule has 36 heavy (non-hydrogen) atoms. The molecule has 0 N–H and O–H groups in total. The number of rotatable bonds is 5. The SMILES string of the molecule is O=C(c1ccc(Cc2cccc(C(F)(F)F)c2)cc1)N1CC(N2CCN(C(=O)c3nccs3)CC2)C1. The number of hydrogen-bond acceptors (Lipinski definition) is 5. The predicted octanol–water partition coefficient (Wildman–Crippen LogP) is 4.04. The van der Waals surface area contributed by atoms with Crippen LogP contribution in [0.3, 0.4) is 0 Å². The fraction of sp³-hybridized carbons (Fsp3) is 0.346. The van der Waals surface area contributed by atoms with Crippen LogP contribution in [-0.2, 0) is 12.6 Å². The number of alkyl halides is 3. The number of aromatic nitrogens is 1. The minimum atomic E-state index is -4.37. The summed E-state index contributed by atoms with van der Waals surface area (Å²) in [6.07, 6.45) is -2.37. The van der Waals surface area contributed by atoms with Crippen molar-refractivity contribution in [1.82, 2.24) is 19.7 Å². The van der Waals surface area contributed by atoms with Gasteiger partial charge in [0, 0.05) is 62.5 Å². The molecular formula is C26H25F3N4O2S. The van der Waals surface area contributed by atoms with Crippen molar-refractivity contribution in [1.29, 1.82) is 0 Å². The van der Waals surface area contributed by atoms with Crippen molar-refractivity contribution in [3.05, 3.63) is 87.4 Å². The normalized spacial score (nSPS) is 17.2. The van der Waals surface area contributed by atoms with E-state index < -0.39 is 11.7 Å². The van der Waals surface area contributed by atoms with Crippen LogP contribution >= 0.6 is 11.3 Å². The molecule has 2 aliphatic heterocycles. The summed E-state index contributed by atoms with van der Waals surface area (Å²) in [7, 11) is 0. The summed E-state index contributed by atoms with van der Waals surface area (Å²) in [5, 5.41) is 2.32. The Balaban J connectivity index is 1.10. The van der Waals surface area contributed by atoms with E-state index in [4.69, 9.17) is 0 Å². The fourth-order valence-corrected chi connectivity index (χ4v) is 5.25. The number of likely N-dealkylation sites (tertiary alicyclic amines) is 1. The van der Waals surface area contributed by atoms with Gasteiger partial charge in [0.2, 0.25) is 0 Å². The predicted molar refractivity (Wildman–Crippen MR) is 130 cm³/mol. The van der Waals surface area contributed by atoms with Gasteiger partial charge in [0.1, 0.15) is 0 Å². The van der Waals surface area contributed by atoms with Gasteiger partial charge in [-0.05, 0) is 35.7 Å². The van der Waals surface area contributed by atoms with Crippen molar-refractivity contribution < 1.29 is 22.8 Å². The van der Waals surface area contributed by atoms with Crippen LogP contribution in [0.4, 0.5) is 13.2 Å². The highest BCUT2D eigenvalue weighted by molar-refractivity contribution is 7.11. The molecule has 2 saturated heterocycles. The zero-order valence-electron chi connectivity index (χ0n) is 19.4. The average Bonchev–Trinajstić information content (AvgIpc) is 3.38. The van der Waals surface area contributed by atoms with Gasteiger partial charge < -0.3 is 9.80 Å². The Morgan fingerprint density at radius 1 is 0.917 bits per heavy atom. The lowest BCUT2D eigenvalue weighted by Gasteiger charge is -2.48. The van der Waals surface area contributed by atoms with E-state index in [1.165, 1.54) is 17.4 Å². The Hall–Kier alpha value is -3.24. The van der Waals surface area contributed by atoms with Gasteiger partial charge in [-0.2, -0.15) is 13.2 Å². The molecule has 0 atom stereocenters. The Morgan fingerprint density at radius 3 is 2.28 bits per heavy atom. The van der Waals surface area contributed by atoms with Crippen LogP contribution in [0.2, 0.25) is 0 Å². The summed E-state index contributed by atoms with van der Waals surface area (Å²) in [6, 6.07) is 12.7. The van der Waals surface area contributed by atoms with Gasteiger partial charge in [-0.25, -0.2) is 4.98 Å². The first-order valence-corrected chi connectivity index (χ1v) is 12.6. The summed E-state index contributed by atoms with van der Waals surface area (Å²) in [6.45, 7) is 4.13. The maximum atomic E-state index is 12.9. The lowest BCUT2D eigenvalue weighted by Crippen LogP contribution is -2.64. The molecule has 1 aromatic heterocycles. The molecule has 3 aromatic rings. The smallest absolute Gasteiger partial charge is 0.335 e. The third-order valence-electron chi connectivity index (χ3n) is 6.75. The van der Waals surface area contributed by atoms with Gasteiger partial charge in [-0.3, -0.25) is 14.5 Å². The van der Waals surface area contributed by atoms with Gasteiger partial charge in [0.25, 0.3) is 11.8 Å². The van der Waals surface area contributed by atoms with Crippen molar-refractivity contribution in [3.63, 3.8) is 0 Å². The zero-order chi connectivity index (χ0) is 25.3. The second-order valence-electron chi connectivity index (χ2n) is 9.10. The number of carbonyl (C=O) groups is 2. The Bertz CT molecular complexity index is 1220. The van der Waals surface area contributed by atoms with Crippen LogP contribution in [-0.4, -0.2) is 76.8 Å². The molecule has 6 nitrogen and oxygen atoms in total. The summed E-state index contributed by atoms with van der Waals surface area (Å²) in [4.78, 5) is 35.4. The van der Waals surface area contributed by atoms with E-state index in [9.17, 15) is 22.8 Å². The van der Waals surface area contributed by atoms with Gasteiger partial charge in [0.15, 0.2) is 5.01 Å². The molecule has 10 heteroatoms. The second-order valence-corrected chi connectivity index (χ2v) is 10.00. The maximum Gasteiger partial charge on any atom is 0.416 e. The summed E-state index contributed by atoms with van der Waals surface area (Å²) in [5.74, 6) is -0.0685. The van der Waals surface area contributed by atoms with E-state index >= 15 is 0 Å². The number of nitrogens with zero attached hydrogens (tertiary/aromatic N) is 4. The lowest BCUT2D eigenvalue weighted by molar-refractivity contribution is -0.137. The van der Waals surface area contributed by atoms with Gasteiger partial charge in [-0.15, -0.1) is 11.3 Å². The van der Waals surface area contributed by atoms with Crippen molar-refractivity contribution in [2.45, 2.75) is 18.6 Å². The fourth-order valence-electron chi connectivity index (χ4n) is 4.65. The third kappa shape index (κ3) is 5.29. The Kier molecular flexibility index (Phi) is 6.81. The van der Waals surface area contributed by atoms with Crippen molar-refractivity contribution in [2.75, 3.05) is 39.3 Å². The molecule has 0 saturated carbocycles. The minimum Gasteiger partial charge on any atom is -0.335 e. The van der Waals surface area contributed by atoms with Crippen molar-refractivity contribution in [3.8, 4) is 0 Å². The quantitative estimate of drug-likeness (QED) is 0.516. The number of benzene rings is 2. The van der Waals surface area contributed by atoms with E-state index in [-0.39, 0.29) is 17.9 Å². The highest BCUT2D eigenvalue weighted by Gasteiger charge is 2.37. The summed E-state index contributed by atoms with van der Waals surface area (Å²) >= 11 is 1.35. The molecule has 2 amide bonds. The van der Waals surface area contributed by atoms with Crippen LogP contribution in [0.1, 0.15) is 36.9 Å². The Labute approximate surface area is 211 Å². The van der Waals surface area contributed by atoms with Crippen molar-refractivity contribution in [2.24, 2.45) is 0 Å². The molecule has 0 aliphatic carbocycles. The standard InChI is InChI=1S/C26H25F3N4O2S/c27-26(28,29)21-3-1-2-19(15-21)14-18-4-6-20(7-5-18)24(34)33-16-22(17-33)31-9-11-32(12-10-31)25(35)23-30-8-13-36-23/h1-8,13,15,22H,9-12,14,16-17H2. The van der Waals surface area contributed by atoms with Crippen LogP contribution in [0.25, 0.3) is 0 Å². The zero-order valence-corrected chi connectivity index (χ0v) is 20.3. The number of piperazine rings is 1. The Morgan fingerprint density at radius 2 is 1.64 bits per heavy atom. The highest BCUT2D eigenvalue weighted by atomic mass is 32.1. The number of amides is 2. The first-order chi connectivity index (χ1) is 17.3. The van der Waals surface area contributed by atoms with E-state index in [1.54, 1.807) is 46.8 Å². The monoisotopic (exact) mass is 514 g/mol. The molecule has 5 rings (SSSR count). The van der Waals surface area contributed by atoms with Crippen LogP contribution < -0.4 is 0 Å². The van der Waals surface area contributed by atoms with E-state index in [1.807, 2.05) is 4.90 Å². The third-order valence-corrected chi connectivity index (χ3v) is 7.51. The highest BCUT2D eigenvalue weighted by Crippen LogP contribution is 2.30. The number of hydrogen-bond donors (Lipinski definition) is 0. The second kappa shape index (κ2) is 10.0. The maximum absolute atomic E-state index is 12.9. The number of carbonyl (C=O) groups excluding carboxylic acids is 2. The molecule has 2 fully saturated rings. The minimum absolute atomic E-state index is 0.0217. The molecule has 0 bridgehead atoms. The largest absolute Gasteiger partial charge is 0.416 e. The van der Waals surface area contributed by atoms with E-state index in [2.05, 4.69) is 9.88 Å².